The predicted octanol–water partition coefficient (Wildman–Crippen LogP) is 9.29. The third-order valence-electron chi connectivity index (χ3n) is 7.28. The molecule has 1 unspecified atom stereocenters. The summed E-state index contributed by atoms with van der Waals surface area (Å²) in [5.74, 6) is 0.0764. The van der Waals surface area contributed by atoms with Crippen molar-refractivity contribution in [3.8, 4) is 0 Å². The first-order valence-corrected chi connectivity index (χ1v) is 14.6. The van der Waals surface area contributed by atoms with Gasteiger partial charge in [0, 0.05) is 12.8 Å². The predicted molar refractivity (Wildman–Crippen MR) is 142 cm³/mol. The second-order valence-corrected chi connectivity index (χ2v) is 10.4. The number of imide groups is 1. The Morgan fingerprint density at radius 1 is 0.667 bits per heavy atom. The zero-order chi connectivity index (χ0) is 24.2. The van der Waals surface area contributed by atoms with E-state index < -0.39 is 0 Å². The summed E-state index contributed by atoms with van der Waals surface area (Å²) in [5.41, 5.74) is 1.23. The van der Waals surface area contributed by atoms with E-state index in [4.69, 9.17) is 0 Å². The normalized spacial score (nSPS) is 15.6. The molecule has 1 rings (SSSR count). The van der Waals surface area contributed by atoms with Gasteiger partial charge in [-0.2, -0.15) is 0 Å². The van der Waals surface area contributed by atoms with Gasteiger partial charge in [0.05, 0.1) is 6.04 Å². The second-order valence-electron chi connectivity index (χ2n) is 10.4. The minimum absolute atomic E-state index is 0.00397. The first-order chi connectivity index (χ1) is 16.1. The lowest BCUT2D eigenvalue weighted by Gasteiger charge is -2.27. The molecule has 0 spiro atoms. The molecule has 1 aliphatic rings. The number of likely N-dealkylation sites (tertiary alicyclic amines) is 1. The average molecular weight is 462 g/mol. The first kappa shape index (κ1) is 29.9. The number of carbonyl (C=O) groups is 2. The van der Waals surface area contributed by atoms with E-state index in [0.29, 0.717) is 12.8 Å². The van der Waals surface area contributed by atoms with Crippen LogP contribution in [0, 0.1) is 0 Å². The molecule has 0 bridgehead atoms. The van der Waals surface area contributed by atoms with Crippen LogP contribution >= 0.6 is 0 Å². The van der Waals surface area contributed by atoms with Crippen molar-refractivity contribution in [1.82, 2.24) is 4.90 Å². The van der Waals surface area contributed by atoms with Gasteiger partial charge in [0.2, 0.25) is 11.8 Å². The van der Waals surface area contributed by atoms with E-state index >= 15 is 0 Å². The summed E-state index contributed by atoms with van der Waals surface area (Å²) in [7, 11) is 0. The molecule has 1 heterocycles. The standard InChI is InChI=1S/C30H55NO2/c1-4-6-8-10-12-14-15-16-17-19-21-23-27(3)28(31-29(32)25-26-30(31)33)24-22-20-18-13-11-9-7-5-2/h23,28H,4-22,24-26H2,1-3H3. The number of hydrogen-bond acceptors (Lipinski definition) is 2. The van der Waals surface area contributed by atoms with Crippen molar-refractivity contribution in [3.63, 3.8) is 0 Å². The van der Waals surface area contributed by atoms with Gasteiger partial charge in [-0.3, -0.25) is 14.5 Å². The van der Waals surface area contributed by atoms with Crippen LogP contribution in [0.15, 0.2) is 11.6 Å². The van der Waals surface area contributed by atoms with Crippen LogP contribution in [0.5, 0.6) is 0 Å². The van der Waals surface area contributed by atoms with Gasteiger partial charge in [0.25, 0.3) is 0 Å². The number of amides is 2. The molecule has 3 nitrogen and oxygen atoms in total. The molecule has 1 atom stereocenters. The Kier molecular flexibility index (Phi) is 18.4. The van der Waals surface area contributed by atoms with Crippen molar-refractivity contribution in [3.05, 3.63) is 11.6 Å². The number of rotatable bonds is 22. The van der Waals surface area contributed by atoms with Crippen molar-refractivity contribution in [2.45, 2.75) is 168 Å². The van der Waals surface area contributed by atoms with Crippen LogP contribution in [-0.2, 0) is 9.59 Å². The number of nitrogens with zero attached hydrogens (tertiary/aromatic N) is 1. The van der Waals surface area contributed by atoms with E-state index in [1.54, 1.807) is 4.90 Å². The van der Waals surface area contributed by atoms with Gasteiger partial charge in [-0.05, 0) is 26.2 Å². The second kappa shape index (κ2) is 20.3. The smallest absolute Gasteiger partial charge is 0.230 e. The topological polar surface area (TPSA) is 37.4 Å². The molecule has 0 N–H and O–H groups in total. The highest BCUT2D eigenvalue weighted by molar-refractivity contribution is 6.02. The zero-order valence-corrected chi connectivity index (χ0v) is 22.5. The lowest BCUT2D eigenvalue weighted by atomic mass is 9.97. The molecular weight excluding hydrogens is 406 g/mol. The molecule has 0 aromatic rings. The van der Waals surface area contributed by atoms with Crippen molar-refractivity contribution in [1.29, 1.82) is 0 Å². The van der Waals surface area contributed by atoms with Gasteiger partial charge in [-0.15, -0.1) is 0 Å². The fourth-order valence-electron chi connectivity index (χ4n) is 5.07. The maximum absolute atomic E-state index is 12.4. The molecule has 0 radical (unpaired) electrons. The van der Waals surface area contributed by atoms with Crippen molar-refractivity contribution in [2.75, 3.05) is 0 Å². The number of carbonyl (C=O) groups excluding carboxylic acids is 2. The Hall–Kier alpha value is -1.12. The van der Waals surface area contributed by atoms with Crippen LogP contribution in [0.1, 0.15) is 162 Å². The Morgan fingerprint density at radius 2 is 1.06 bits per heavy atom. The molecule has 3 heteroatoms. The molecule has 0 saturated carbocycles. The van der Waals surface area contributed by atoms with E-state index in [2.05, 4.69) is 26.8 Å². The van der Waals surface area contributed by atoms with E-state index in [0.717, 1.165) is 19.3 Å². The molecule has 1 aliphatic heterocycles. The maximum atomic E-state index is 12.4. The molecule has 0 aromatic carbocycles. The first-order valence-electron chi connectivity index (χ1n) is 14.6. The minimum Gasteiger partial charge on any atom is -0.275 e. The fourth-order valence-corrected chi connectivity index (χ4v) is 5.07. The highest BCUT2D eigenvalue weighted by Crippen LogP contribution is 2.25. The molecule has 0 aromatic heterocycles. The summed E-state index contributed by atoms with van der Waals surface area (Å²) in [6.07, 6.45) is 28.9. The Labute approximate surface area is 206 Å². The summed E-state index contributed by atoms with van der Waals surface area (Å²) in [4.78, 5) is 26.4. The SMILES string of the molecule is CCCCCCCCCCCCC=C(C)C(CCCCCCCCCC)N1C(=O)CCC1=O. The monoisotopic (exact) mass is 461 g/mol. The van der Waals surface area contributed by atoms with Crippen molar-refractivity contribution >= 4 is 11.8 Å². The van der Waals surface area contributed by atoms with E-state index in [9.17, 15) is 9.59 Å². The van der Waals surface area contributed by atoms with E-state index in [-0.39, 0.29) is 17.9 Å². The quantitative estimate of drug-likeness (QED) is 0.0914. The third kappa shape index (κ3) is 14.0. The summed E-state index contributed by atoms with van der Waals surface area (Å²) in [6, 6.07) is -0.00397. The largest absolute Gasteiger partial charge is 0.275 e. The summed E-state index contributed by atoms with van der Waals surface area (Å²) in [5, 5.41) is 0. The van der Waals surface area contributed by atoms with Gasteiger partial charge in [0.1, 0.15) is 0 Å². The average Bonchev–Trinajstić information content (AvgIpc) is 3.14. The molecule has 192 valence electrons. The number of allylic oxidation sites excluding steroid dienone is 1. The Bertz CT molecular complexity index is 523. The lowest BCUT2D eigenvalue weighted by molar-refractivity contribution is -0.140. The summed E-state index contributed by atoms with van der Waals surface area (Å²) >= 11 is 0. The fraction of sp³-hybridized carbons (Fsp3) is 0.867. The van der Waals surface area contributed by atoms with Gasteiger partial charge >= 0.3 is 0 Å². The molecule has 1 fully saturated rings. The third-order valence-corrected chi connectivity index (χ3v) is 7.28. The molecular formula is C30H55NO2. The van der Waals surface area contributed by atoms with Gasteiger partial charge in [0.15, 0.2) is 0 Å². The highest BCUT2D eigenvalue weighted by Gasteiger charge is 2.35. The summed E-state index contributed by atoms with van der Waals surface area (Å²) < 4.78 is 0. The van der Waals surface area contributed by atoms with Gasteiger partial charge in [-0.25, -0.2) is 0 Å². The molecule has 0 aliphatic carbocycles. The van der Waals surface area contributed by atoms with Gasteiger partial charge < -0.3 is 0 Å². The van der Waals surface area contributed by atoms with Crippen LogP contribution in [0.4, 0.5) is 0 Å². The minimum atomic E-state index is -0.00397. The molecule has 1 saturated heterocycles. The van der Waals surface area contributed by atoms with E-state index in [1.807, 2.05) is 0 Å². The van der Waals surface area contributed by atoms with Crippen LogP contribution < -0.4 is 0 Å². The van der Waals surface area contributed by atoms with Crippen LogP contribution in [0.25, 0.3) is 0 Å². The lowest BCUT2D eigenvalue weighted by Crippen LogP contribution is -2.40. The van der Waals surface area contributed by atoms with Crippen molar-refractivity contribution < 1.29 is 9.59 Å². The van der Waals surface area contributed by atoms with Crippen LogP contribution in [0.3, 0.4) is 0 Å². The van der Waals surface area contributed by atoms with Crippen molar-refractivity contribution in [2.24, 2.45) is 0 Å². The highest BCUT2D eigenvalue weighted by atomic mass is 16.2. The Morgan fingerprint density at radius 3 is 1.52 bits per heavy atom. The van der Waals surface area contributed by atoms with E-state index in [1.165, 1.54) is 115 Å². The molecule has 2 amide bonds. The van der Waals surface area contributed by atoms with Crippen LogP contribution in [-0.4, -0.2) is 22.8 Å². The molecule has 33 heavy (non-hydrogen) atoms. The maximum Gasteiger partial charge on any atom is 0.230 e. The van der Waals surface area contributed by atoms with Gasteiger partial charge in [-0.1, -0.05) is 135 Å². The Balaban J connectivity index is 2.32. The summed E-state index contributed by atoms with van der Waals surface area (Å²) in [6.45, 7) is 6.67. The number of unbranched alkanes of at least 4 members (excludes halogenated alkanes) is 17. The van der Waals surface area contributed by atoms with Crippen LogP contribution in [0.2, 0.25) is 0 Å². The number of hydrogen-bond donors (Lipinski definition) is 0. The zero-order valence-electron chi connectivity index (χ0n) is 22.5.